The summed E-state index contributed by atoms with van der Waals surface area (Å²) in [5.41, 5.74) is 8.81. The Morgan fingerprint density at radius 2 is 1.63 bits per heavy atom. The second-order valence-corrected chi connectivity index (χ2v) is 8.86. The average molecular weight is 480 g/mol. The fourth-order valence-corrected chi connectivity index (χ4v) is 3.72. The van der Waals surface area contributed by atoms with Crippen molar-refractivity contribution >= 4 is 11.7 Å². The van der Waals surface area contributed by atoms with Crippen molar-refractivity contribution in [2.75, 3.05) is 11.9 Å². The molecule has 0 radical (unpaired) electrons. The summed E-state index contributed by atoms with van der Waals surface area (Å²) in [5.74, 6) is -0.424. The van der Waals surface area contributed by atoms with Gasteiger partial charge in [0.05, 0.1) is 6.61 Å². The highest BCUT2D eigenvalue weighted by Crippen LogP contribution is 2.31. The van der Waals surface area contributed by atoms with Crippen LogP contribution in [-0.4, -0.2) is 23.9 Å². The predicted molar refractivity (Wildman–Crippen MR) is 143 cm³/mol. The first-order chi connectivity index (χ1) is 16.7. The zero-order valence-electron chi connectivity index (χ0n) is 21.5. The molecule has 0 saturated heterocycles. The van der Waals surface area contributed by atoms with Crippen LogP contribution in [-0.2, 0) is 11.3 Å². The number of ether oxygens (including phenoxy) is 1. The lowest BCUT2D eigenvalue weighted by molar-refractivity contribution is -0.142. The van der Waals surface area contributed by atoms with Crippen molar-refractivity contribution in [2.24, 2.45) is 0 Å². The maximum absolute atomic E-state index is 11.2. The Hall–Kier alpha value is -3.34. The Bertz CT molecular complexity index is 1050. The number of benzene rings is 3. The smallest absolute Gasteiger partial charge is 0.337 e. The molecule has 35 heavy (non-hydrogen) atoms. The number of carboxylic acid groups (broad SMARTS) is 1. The first kappa shape index (κ1) is 27.9. The lowest BCUT2D eigenvalue weighted by atomic mass is 9.94. The zero-order chi connectivity index (χ0) is 25.8. The molecule has 0 aliphatic carbocycles. The van der Waals surface area contributed by atoms with Gasteiger partial charge in [0, 0.05) is 12.2 Å². The molecule has 0 saturated carbocycles. The van der Waals surface area contributed by atoms with Crippen molar-refractivity contribution in [2.45, 2.75) is 66.6 Å². The molecule has 0 amide bonds. The summed E-state index contributed by atoms with van der Waals surface area (Å²) in [6.45, 7) is 11.3. The van der Waals surface area contributed by atoms with Crippen LogP contribution in [0.1, 0.15) is 55.4 Å². The fourth-order valence-electron chi connectivity index (χ4n) is 3.72. The van der Waals surface area contributed by atoms with Crippen molar-refractivity contribution in [1.29, 1.82) is 0 Å². The maximum atomic E-state index is 11.2. The summed E-state index contributed by atoms with van der Waals surface area (Å²) in [4.78, 5) is 9.32. The number of carboxylic acids is 1. The summed E-state index contributed by atoms with van der Waals surface area (Å²) in [7, 11) is 0. The minimum absolute atomic E-state index is 0.798. The van der Waals surface area contributed by atoms with Gasteiger partial charge in [-0.2, -0.15) is 0 Å². The van der Waals surface area contributed by atoms with E-state index in [9.17, 15) is 9.18 Å². The van der Waals surface area contributed by atoms with E-state index >= 15 is 0 Å². The van der Waals surface area contributed by atoms with Crippen LogP contribution < -0.4 is 10.1 Å². The standard InChI is InChI=1S/C27H33NO.C3H5FO2/c1-5-6-7-15-29-26-16-21(3)27(22(4)17-26)24-10-8-9-23(18-24)19-28-25-13-11-20(2)12-14-25;1-2(4)3(5)6/h8-14,16-18,28H,5-7,15,19H2,1-4H3;2H,1H3,(H,5,6). The second kappa shape index (κ2) is 14.1. The van der Waals surface area contributed by atoms with Crippen LogP contribution in [0.3, 0.4) is 0 Å². The lowest BCUT2D eigenvalue weighted by Crippen LogP contribution is -2.08. The van der Waals surface area contributed by atoms with E-state index in [4.69, 9.17) is 9.84 Å². The molecule has 0 spiro atoms. The number of halogens is 1. The van der Waals surface area contributed by atoms with E-state index in [-0.39, 0.29) is 0 Å². The number of aryl methyl sites for hydroxylation is 3. The Kier molecular flexibility index (Phi) is 11.3. The van der Waals surface area contributed by atoms with Crippen molar-refractivity contribution in [3.8, 4) is 16.9 Å². The molecule has 188 valence electrons. The van der Waals surface area contributed by atoms with E-state index in [1.54, 1.807) is 0 Å². The highest BCUT2D eigenvalue weighted by molar-refractivity contribution is 5.72. The number of hydrogen-bond donors (Lipinski definition) is 2. The molecular weight excluding hydrogens is 441 g/mol. The van der Waals surface area contributed by atoms with Gasteiger partial charge in [-0.05, 0) is 92.3 Å². The SMILES string of the molecule is CC(F)C(=O)O.CCCCCOc1cc(C)c(-c2cccc(CNc3ccc(C)cc3)c2)c(C)c1. The number of aliphatic carboxylic acids is 1. The molecule has 0 bridgehead atoms. The van der Waals surface area contributed by atoms with Gasteiger partial charge in [-0.25, -0.2) is 9.18 Å². The van der Waals surface area contributed by atoms with Crippen molar-refractivity contribution in [3.63, 3.8) is 0 Å². The van der Waals surface area contributed by atoms with Gasteiger partial charge in [0.1, 0.15) is 5.75 Å². The third-order valence-corrected chi connectivity index (χ3v) is 5.63. The number of unbranched alkanes of at least 4 members (excludes halogenated alkanes) is 2. The number of nitrogens with one attached hydrogen (secondary N) is 1. The molecule has 2 N–H and O–H groups in total. The minimum Gasteiger partial charge on any atom is -0.494 e. The monoisotopic (exact) mass is 479 g/mol. The van der Waals surface area contributed by atoms with Crippen LogP contribution in [0.15, 0.2) is 60.7 Å². The first-order valence-corrected chi connectivity index (χ1v) is 12.2. The van der Waals surface area contributed by atoms with E-state index < -0.39 is 12.1 Å². The molecule has 1 unspecified atom stereocenters. The van der Waals surface area contributed by atoms with Gasteiger partial charge in [-0.3, -0.25) is 0 Å². The summed E-state index contributed by atoms with van der Waals surface area (Å²) in [6, 6.07) is 21.7. The van der Waals surface area contributed by atoms with E-state index in [1.807, 2.05) is 0 Å². The molecule has 3 aromatic carbocycles. The van der Waals surface area contributed by atoms with Crippen LogP contribution in [0.5, 0.6) is 5.75 Å². The van der Waals surface area contributed by atoms with Gasteiger partial charge in [0.2, 0.25) is 0 Å². The molecule has 5 heteroatoms. The molecule has 0 heterocycles. The molecule has 0 aliphatic heterocycles. The fraction of sp³-hybridized carbons (Fsp3) is 0.367. The summed E-state index contributed by atoms with van der Waals surface area (Å²) in [6.07, 6.45) is 1.83. The second-order valence-electron chi connectivity index (χ2n) is 8.86. The van der Waals surface area contributed by atoms with E-state index in [1.165, 1.54) is 46.2 Å². The summed E-state index contributed by atoms with van der Waals surface area (Å²) < 4.78 is 17.2. The Balaban J connectivity index is 0.000000641. The van der Waals surface area contributed by atoms with Gasteiger partial charge in [0.15, 0.2) is 6.17 Å². The average Bonchev–Trinajstić information content (AvgIpc) is 2.82. The lowest BCUT2D eigenvalue weighted by Gasteiger charge is -2.15. The molecule has 0 aromatic heterocycles. The Labute approximate surface area is 209 Å². The van der Waals surface area contributed by atoms with Gasteiger partial charge in [-0.1, -0.05) is 55.7 Å². The van der Waals surface area contributed by atoms with Crippen molar-refractivity contribution in [3.05, 3.63) is 82.9 Å². The minimum atomic E-state index is -1.73. The molecule has 0 aliphatic rings. The summed E-state index contributed by atoms with van der Waals surface area (Å²) >= 11 is 0. The van der Waals surface area contributed by atoms with Crippen LogP contribution in [0.4, 0.5) is 10.1 Å². The van der Waals surface area contributed by atoms with Gasteiger partial charge >= 0.3 is 5.97 Å². The number of alkyl halides is 1. The van der Waals surface area contributed by atoms with E-state index in [0.29, 0.717) is 0 Å². The molecule has 3 rings (SSSR count). The van der Waals surface area contributed by atoms with Crippen LogP contribution in [0.2, 0.25) is 0 Å². The Morgan fingerprint density at radius 1 is 1.00 bits per heavy atom. The van der Waals surface area contributed by atoms with Gasteiger partial charge in [-0.15, -0.1) is 0 Å². The number of anilines is 1. The van der Waals surface area contributed by atoms with Crippen LogP contribution >= 0.6 is 0 Å². The molecule has 1 atom stereocenters. The molecular formula is C30H38FNO3. The number of rotatable bonds is 10. The number of carbonyl (C=O) groups is 1. The highest BCUT2D eigenvalue weighted by atomic mass is 19.1. The highest BCUT2D eigenvalue weighted by Gasteiger charge is 2.09. The Morgan fingerprint density at radius 3 is 2.20 bits per heavy atom. The zero-order valence-corrected chi connectivity index (χ0v) is 21.5. The van der Waals surface area contributed by atoms with Crippen LogP contribution in [0.25, 0.3) is 11.1 Å². The third-order valence-electron chi connectivity index (χ3n) is 5.63. The topological polar surface area (TPSA) is 58.6 Å². The van der Waals surface area contributed by atoms with Gasteiger partial charge in [0.25, 0.3) is 0 Å². The predicted octanol–water partition coefficient (Wildman–Crippen LogP) is 7.89. The third kappa shape index (κ3) is 9.44. The van der Waals surface area contributed by atoms with Crippen LogP contribution in [0, 0.1) is 20.8 Å². The maximum Gasteiger partial charge on any atom is 0.337 e. The van der Waals surface area contributed by atoms with Crippen molar-refractivity contribution in [1.82, 2.24) is 0 Å². The van der Waals surface area contributed by atoms with E-state index in [0.717, 1.165) is 37.9 Å². The number of hydrogen-bond acceptors (Lipinski definition) is 3. The van der Waals surface area contributed by atoms with Gasteiger partial charge < -0.3 is 15.2 Å². The largest absolute Gasteiger partial charge is 0.494 e. The molecule has 4 nitrogen and oxygen atoms in total. The summed E-state index contributed by atoms with van der Waals surface area (Å²) in [5, 5.41) is 11.1. The first-order valence-electron chi connectivity index (χ1n) is 12.2. The molecule has 0 fully saturated rings. The normalized spacial score (nSPS) is 11.3. The van der Waals surface area contributed by atoms with Crippen molar-refractivity contribution < 1.29 is 19.0 Å². The quantitative estimate of drug-likeness (QED) is 0.290. The molecule has 3 aromatic rings. The van der Waals surface area contributed by atoms with E-state index in [2.05, 4.69) is 93.7 Å².